The molecule has 0 saturated carbocycles. The van der Waals surface area contributed by atoms with Crippen LogP contribution in [0.2, 0.25) is 0 Å². The van der Waals surface area contributed by atoms with Crippen molar-refractivity contribution in [2.45, 2.75) is 13.8 Å². The lowest BCUT2D eigenvalue weighted by Gasteiger charge is -2.09. The minimum absolute atomic E-state index is 0.237. The zero-order chi connectivity index (χ0) is 13.0. The molecule has 0 aliphatic heterocycles. The van der Waals surface area contributed by atoms with E-state index in [1.807, 2.05) is 20.9 Å². The van der Waals surface area contributed by atoms with E-state index in [0.29, 0.717) is 20.5 Å². The maximum Gasteiger partial charge on any atom is 0.281 e. The predicted molar refractivity (Wildman–Crippen MR) is 75.7 cm³/mol. The van der Waals surface area contributed by atoms with E-state index >= 15 is 0 Å². The number of amides is 1. The van der Waals surface area contributed by atoms with Crippen molar-refractivity contribution < 1.29 is 4.79 Å². The van der Waals surface area contributed by atoms with E-state index in [-0.39, 0.29) is 5.91 Å². The second kappa shape index (κ2) is 6.08. The molecular weight excluding hydrogens is 276 g/mol. The van der Waals surface area contributed by atoms with Gasteiger partial charge in [0.1, 0.15) is 4.88 Å². The van der Waals surface area contributed by atoms with Crippen molar-refractivity contribution in [3.63, 3.8) is 0 Å². The van der Waals surface area contributed by atoms with Crippen LogP contribution in [0.1, 0.15) is 22.3 Å². The van der Waals surface area contributed by atoms with Crippen molar-refractivity contribution >= 4 is 46.8 Å². The minimum Gasteiger partial charge on any atom is -0.362 e. The summed E-state index contributed by atoms with van der Waals surface area (Å²) in [7, 11) is 1.83. The summed E-state index contributed by atoms with van der Waals surface area (Å²) in [5, 5.41) is 3.25. The van der Waals surface area contributed by atoms with Gasteiger partial charge in [-0.1, -0.05) is 11.3 Å². The SMILES string of the molecule is CCNC(=S)NNC(=O)c1sc(=S)n(C)c1C. The Hall–Kier alpha value is -0.990. The van der Waals surface area contributed by atoms with Gasteiger partial charge in [0, 0.05) is 19.3 Å². The topological polar surface area (TPSA) is 58.1 Å². The van der Waals surface area contributed by atoms with E-state index in [1.165, 1.54) is 11.3 Å². The van der Waals surface area contributed by atoms with Crippen molar-refractivity contribution in [1.82, 2.24) is 20.7 Å². The first kappa shape index (κ1) is 14.1. The molecule has 17 heavy (non-hydrogen) atoms. The molecular formula is C9H14N4OS3. The van der Waals surface area contributed by atoms with Crippen molar-refractivity contribution in [2.75, 3.05) is 6.54 Å². The summed E-state index contributed by atoms with van der Waals surface area (Å²) < 4.78 is 2.47. The maximum atomic E-state index is 11.8. The van der Waals surface area contributed by atoms with Crippen LogP contribution >= 0.6 is 35.8 Å². The van der Waals surface area contributed by atoms with Crippen LogP contribution in [0, 0.1) is 10.9 Å². The molecule has 1 rings (SSSR count). The molecule has 8 heteroatoms. The summed E-state index contributed by atoms with van der Waals surface area (Å²) in [5.74, 6) is -0.237. The fourth-order valence-corrected chi connectivity index (χ4v) is 2.56. The molecule has 5 nitrogen and oxygen atoms in total. The third-order valence-electron chi connectivity index (χ3n) is 2.13. The van der Waals surface area contributed by atoms with Crippen LogP contribution in [0.25, 0.3) is 0 Å². The van der Waals surface area contributed by atoms with E-state index in [9.17, 15) is 4.79 Å². The van der Waals surface area contributed by atoms with Gasteiger partial charge in [-0.15, -0.1) is 0 Å². The average molecular weight is 290 g/mol. The number of thiocarbonyl (C=S) groups is 1. The van der Waals surface area contributed by atoms with Crippen molar-refractivity contribution in [3.05, 3.63) is 14.5 Å². The Bertz CT molecular complexity index is 491. The molecule has 0 unspecified atom stereocenters. The number of nitrogens with zero attached hydrogens (tertiary/aromatic N) is 1. The Labute approximate surface area is 114 Å². The van der Waals surface area contributed by atoms with Crippen LogP contribution in [0.4, 0.5) is 0 Å². The number of hydrazine groups is 1. The molecule has 1 aromatic rings. The number of rotatable bonds is 2. The molecule has 0 spiro atoms. The van der Waals surface area contributed by atoms with E-state index < -0.39 is 0 Å². The van der Waals surface area contributed by atoms with Gasteiger partial charge in [-0.3, -0.25) is 15.6 Å². The summed E-state index contributed by atoms with van der Waals surface area (Å²) >= 11 is 11.3. The number of aromatic nitrogens is 1. The minimum atomic E-state index is -0.237. The molecule has 0 atom stereocenters. The van der Waals surface area contributed by atoms with Crippen LogP contribution < -0.4 is 16.2 Å². The van der Waals surface area contributed by atoms with E-state index in [4.69, 9.17) is 24.4 Å². The standard InChI is InChI=1S/C9H14N4OS3/c1-4-10-8(15)12-11-7(14)6-5(2)13(3)9(16)17-6/h4H2,1-3H3,(H,11,14)(H2,10,12,15). The first-order chi connectivity index (χ1) is 7.97. The highest BCUT2D eigenvalue weighted by atomic mass is 32.1. The second-order valence-electron chi connectivity index (χ2n) is 3.28. The molecule has 1 aromatic heterocycles. The van der Waals surface area contributed by atoms with Gasteiger partial charge in [0.15, 0.2) is 9.07 Å². The van der Waals surface area contributed by atoms with Crippen LogP contribution in [0.3, 0.4) is 0 Å². The van der Waals surface area contributed by atoms with E-state index in [1.54, 1.807) is 4.57 Å². The normalized spacial score (nSPS) is 9.82. The molecule has 0 aliphatic carbocycles. The molecule has 0 fully saturated rings. The monoisotopic (exact) mass is 290 g/mol. The summed E-state index contributed by atoms with van der Waals surface area (Å²) in [6.07, 6.45) is 0. The first-order valence-electron chi connectivity index (χ1n) is 4.98. The Morgan fingerprint density at radius 1 is 1.47 bits per heavy atom. The predicted octanol–water partition coefficient (Wildman–Crippen LogP) is 1.25. The first-order valence-corrected chi connectivity index (χ1v) is 6.61. The van der Waals surface area contributed by atoms with Gasteiger partial charge in [0.2, 0.25) is 0 Å². The maximum absolute atomic E-state index is 11.8. The molecule has 0 saturated heterocycles. The summed E-state index contributed by atoms with van der Waals surface area (Å²) in [4.78, 5) is 12.4. The second-order valence-corrected chi connectivity index (χ2v) is 5.33. The fraction of sp³-hybridized carbons (Fsp3) is 0.444. The van der Waals surface area contributed by atoms with Crippen LogP contribution in [0.15, 0.2) is 0 Å². The Morgan fingerprint density at radius 3 is 2.59 bits per heavy atom. The van der Waals surface area contributed by atoms with Crippen molar-refractivity contribution in [3.8, 4) is 0 Å². The number of thiazole rings is 1. The number of carbonyl (C=O) groups excluding carboxylic acids is 1. The Morgan fingerprint density at radius 2 is 2.12 bits per heavy atom. The lowest BCUT2D eigenvalue weighted by Crippen LogP contribution is -2.46. The lowest BCUT2D eigenvalue weighted by molar-refractivity contribution is 0.0946. The largest absolute Gasteiger partial charge is 0.362 e. The number of hydrogen-bond donors (Lipinski definition) is 3. The van der Waals surface area contributed by atoms with Gasteiger partial charge in [0.25, 0.3) is 5.91 Å². The third kappa shape index (κ3) is 3.48. The van der Waals surface area contributed by atoms with Gasteiger partial charge in [-0.25, -0.2) is 0 Å². The molecule has 0 radical (unpaired) electrons. The van der Waals surface area contributed by atoms with Crippen LogP contribution in [0.5, 0.6) is 0 Å². The van der Waals surface area contributed by atoms with Crippen LogP contribution in [-0.2, 0) is 7.05 Å². The van der Waals surface area contributed by atoms with Gasteiger partial charge < -0.3 is 9.88 Å². The summed E-state index contributed by atoms with van der Waals surface area (Å²) in [6, 6.07) is 0. The average Bonchev–Trinajstić information content (AvgIpc) is 2.54. The quantitative estimate of drug-likeness (QED) is 0.565. The Balaban J connectivity index is 2.68. The highest BCUT2D eigenvalue weighted by Crippen LogP contribution is 2.16. The molecule has 0 aromatic carbocycles. The van der Waals surface area contributed by atoms with Gasteiger partial charge >= 0.3 is 0 Å². The van der Waals surface area contributed by atoms with Gasteiger partial charge in [-0.2, -0.15) is 0 Å². The Kier molecular flexibility index (Phi) is 5.03. The van der Waals surface area contributed by atoms with E-state index in [0.717, 1.165) is 5.69 Å². The van der Waals surface area contributed by atoms with Crippen molar-refractivity contribution in [2.24, 2.45) is 7.05 Å². The highest BCUT2D eigenvalue weighted by Gasteiger charge is 2.14. The smallest absolute Gasteiger partial charge is 0.281 e. The van der Waals surface area contributed by atoms with Gasteiger partial charge in [0.05, 0.1) is 0 Å². The molecule has 0 bridgehead atoms. The zero-order valence-electron chi connectivity index (χ0n) is 9.79. The number of carbonyl (C=O) groups is 1. The molecule has 94 valence electrons. The zero-order valence-corrected chi connectivity index (χ0v) is 12.2. The molecule has 3 N–H and O–H groups in total. The van der Waals surface area contributed by atoms with Crippen molar-refractivity contribution in [1.29, 1.82) is 0 Å². The molecule has 1 amide bonds. The lowest BCUT2D eigenvalue weighted by atomic mass is 10.4. The molecule has 1 heterocycles. The molecule has 0 aliphatic rings. The van der Waals surface area contributed by atoms with Gasteiger partial charge in [-0.05, 0) is 38.3 Å². The highest BCUT2D eigenvalue weighted by molar-refractivity contribution is 7.80. The summed E-state index contributed by atoms with van der Waals surface area (Å²) in [5.41, 5.74) is 5.99. The van der Waals surface area contributed by atoms with E-state index in [2.05, 4.69) is 16.2 Å². The number of nitrogens with one attached hydrogen (secondary N) is 3. The fourth-order valence-electron chi connectivity index (χ4n) is 1.10. The summed E-state index contributed by atoms with van der Waals surface area (Å²) in [6.45, 7) is 4.47. The van der Waals surface area contributed by atoms with Crippen LogP contribution in [-0.4, -0.2) is 22.1 Å². The third-order valence-corrected chi connectivity index (χ3v) is 4.03. The number of hydrogen-bond acceptors (Lipinski definition) is 4.